The van der Waals surface area contributed by atoms with Crippen LogP contribution < -0.4 is 5.32 Å². The molecular weight excluding hydrogens is 1080 g/mol. The Balaban J connectivity index is 0.000000304. The van der Waals surface area contributed by atoms with Gasteiger partial charge in [0, 0.05) is 128 Å². The number of unbranched alkanes of at least 4 members (excludes halogenated alkanes) is 1. The van der Waals surface area contributed by atoms with Gasteiger partial charge in [-0.25, -0.2) is 0 Å². The van der Waals surface area contributed by atoms with Crippen LogP contribution in [0.5, 0.6) is 0 Å². The summed E-state index contributed by atoms with van der Waals surface area (Å²) < 4.78 is 0. The minimum atomic E-state index is -1.43. The summed E-state index contributed by atoms with van der Waals surface area (Å²) in [5.41, 5.74) is 2.03. The van der Waals surface area contributed by atoms with Gasteiger partial charge < -0.3 is 41.1 Å². The minimum Gasteiger partial charge on any atom is -0.481 e. The maximum Gasteiger partial charge on any atom is 0.321 e. The Morgan fingerprint density at radius 2 is 0.939 bits per heavy atom. The van der Waals surface area contributed by atoms with Gasteiger partial charge in [0.05, 0.1) is 61.9 Å². The van der Waals surface area contributed by atoms with Crippen molar-refractivity contribution < 1.29 is 93.3 Å². The summed E-state index contributed by atoms with van der Waals surface area (Å²) >= 11 is 0. The highest BCUT2D eigenvalue weighted by Gasteiger charge is 2.32. The van der Waals surface area contributed by atoms with Gasteiger partial charge in [0.15, 0.2) is 0 Å². The number of pyridine rings is 2. The van der Waals surface area contributed by atoms with Crippen molar-refractivity contribution in [2.24, 2.45) is 0 Å². The van der Waals surface area contributed by atoms with Gasteiger partial charge >= 0.3 is 41.8 Å². The minimum absolute atomic E-state index is 0.00483. The van der Waals surface area contributed by atoms with E-state index in [4.69, 9.17) is 0 Å². The van der Waals surface area contributed by atoms with Crippen molar-refractivity contribution in [3.8, 4) is 0 Å². The number of carboxylic acids is 7. The second-order valence-electron chi connectivity index (χ2n) is 19.8. The van der Waals surface area contributed by atoms with E-state index in [1.807, 2.05) is 0 Å². The van der Waals surface area contributed by atoms with E-state index in [0.29, 0.717) is 48.5 Å². The molecule has 2 aromatic heterocycles. The lowest BCUT2D eigenvalue weighted by Gasteiger charge is -2.36. The molecule has 0 fully saturated rings. The van der Waals surface area contributed by atoms with Gasteiger partial charge in [-0.3, -0.25) is 107 Å². The van der Waals surface area contributed by atoms with Crippen molar-refractivity contribution >= 4 is 71.3 Å². The number of aliphatic carboxylic acids is 7. The number of hydrogen-bond acceptors (Lipinski definition) is 20. The number of imide groups is 2. The summed E-state index contributed by atoms with van der Waals surface area (Å²) in [6.45, 7) is -0.164. The number of fused-ring (bicyclic) bond motifs is 4. The number of nitrogens with one attached hydrogen (secondary N) is 1. The topological polar surface area (TPSA) is 410 Å². The Hall–Kier alpha value is -8.42. The lowest BCUT2D eigenvalue weighted by Crippen LogP contribution is -2.49. The van der Waals surface area contributed by atoms with E-state index in [9.17, 15) is 93.3 Å². The molecule has 4 aliphatic heterocycles. The van der Waals surface area contributed by atoms with E-state index in [0.717, 1.165) is 9.80 Å². The van der Waals surface area contributed by atoms with Crippen LogP contribution in [-0.2, 0) is 78.9 Å². The monoisotopic (exact) mass is 1150 g/mol. The van der Waals surface area contributed by atoms with Crippen LogP contribution in [0.3, 0.4) is 0 Å². The van der Waals surface area contributed by atoms with E-state index in [1.165, 1.54) is 51.1 Å². The standard InChI is InChI=1S/C27H34N6O11.C25H33N5O8/c34-21-2-3-22(35)33(21)5-1-4-28-26(42)17-10-18-13-30(15-24(38)39)6-8-32(20(27(43)44)12-23(36)37)9-7-31(16-25(40)41)14-19(11-17)29-18;31-21-7-8-22(32)30(21)9-2-1-6-20-14-28(16-24(35)36)11-10-27(15-23(33)34)12-18-4-3-5-19(26-18)13-29(20)17-25(37)38/h2-3,10-11,20H,1,4-9,12-16H2,(H,28,42)(H,36,37)(H,38,39)(H,40,41)(H,43,44);3-5,7-8,20H,1-2,6,9-17H2,(H,33,34)(H,35,36)(H,37,38). The SMILES string of the molecule is O=C(O)CC(C(=O)O)N1CCN(CC(=O)O)Cc2cc(C(=O)NCCCN3C(=O)C=CC3=O)cc(n2)CN(CC(=O)O)CC1.O=C(O)CN1CCN(CC(=O)O)CC(CCCCN2C(=O)C=CC2=O)N(CC(=O)O)Cc2cccc(n2)C1. The van der Waals surface area contributed by atoms with Crippen LogP contribution in [-0.4, -0.2) is 266 Å². The predicted molar refractivity (Wildman–Crippen MR) is 281 cm³/mol. The first kappa shape index (κ1) is 64.4. The molecule has 8 N–H and O–H groups in total. The zero-order valence-corrected chi connectivity index (χ0v) is 44.8. The number of nitrogens with zero attached hydrogens (tertiary/aromatic N) is 10. The third-order valence-corrected chi connectivity index (χ3v) is 13.4. The van der Waals surface area contributed by atoms with E-state index in [2.05, 4.69) is 15.3 Å². The molecule has 5 amide bonds. The van der Waals surface area contributed by atoms with E-state index in [-0.39, 0.29) is 135 Å². The van der Waals surface area contributed by atoms with Gasteiger partial charge in [-0.15, -0.1) is 0 Å². The van der Waals surface area contributed by atoms with Gasteiger partial charge in [0.25, 0.3) is 29.5 Å². The fraction of sp³-hybridized carbons (Fsp3) is 0.500. The molecule has 0 aromatic carbocycles. The lowest BCUT2D eigenvalue weighted by molar-refractivity contribution is -0.150. The normalized spacial score (nSPS) is 18.6. The summed E-state index contributed by atoms with van der Waals surface area (Å²) in [5.74, 6) is -10.2. The number of carbonyl (C=O) groups excluding carboxylic acids is 5. The molecule has 0 spiro atoms. The molecule has 30 nitrogen and oxygen atoms in total. The molecule has 82 heavy (non-hydrogen) atoms. The number of amides is 5. The zero-order chi connectivity index (χ0) is 60.0. The lowest BCUT2D eigenvalue weighted by atomic mass is 10.1. The number of carboxylic acid groups (broad SMARTS) is 7. The molecule has 2 unspecified atom stereocenters. The van der Waals surface area contributed by atoms with Crippen molar-refractivity contribution in [2.75, 3.05) is 98.2 Å². The highest BCUT2D eigenvalue weighted by atomic mass is 16.4. The van der Waals surface area contributed by atoms with Crippen molar-refractivity contribution in [1.29, 1.82) is 0 Å². The van der Waals surface area contributed by atoms with Crippen LogP contribution in [0.4, 0.5) is 0 Å². The number of carbonyl (C=O) groups is 12. The highest BCUT2D eigenvalue weighted by Crippen LogP contribution is 2.19. The van der Waals surface area contributed by atoms with Crippen molar-refractivity contribution in [2.45, 2.75) is 70.4 Å². The molecule has 30 heteroatoms. The van der Waals surface area contributed by atoms with Gasteiger partial charge in [-0.05, 0) is 43.5 Å². The Morgan fingerprint density at radius 3 is 1.41 bits per heavy atom. The highest BCUT2D eigenvalue weighted by molar-refractivity contribution is 6.13. The molecule has 444 valence electrons. The van der Waals surface area contributed by atoms with Crippen LogP contribution in [0.15, 0.2) is 54.6 Å². The maximum absolute atomic E-state index is 13.1. The first-order chi connectivity index (χ1) is 38.9. The molecule has 0 saturated heterocycles. The third-order valence-electron chi connectivity index (χ3n) is 13.4. The Kier molecular flexibility index (Phi) is 24.8. The second-order valence-corrected chi connectivity index (χ2v) is 19.8. The fourth-order valence-corrected chi connectivity index (χ4v) is 9.64. The van der Waals surface area contributed by atoms with E-state index >= 15 is 0 Å². The summed E-state index contributed by atoms with van der Waals surface area (Å²) in [7, 11) is 0. The molecular formula is C52H67N11O19. The number of hydrogen-bond donors (Lipinski definition) is 8. The Bertz CT molecular complexity index is 2690. The third kappa shape index (κ3) is 21.6. The second kappa shape index (κ2) is 31.5. The molecule has 6 heterocycles. The van der Waals surface area contributed by atoms with Crippen LogP contribution in [0.25, 0.3) is 0 Å². The van der Waals surface area contributed by atoms with Crippen LogP contribution >= 0.6 is 0 Å². The smallest absolute Gasteiger partial charge is 0.321 e. The fourth-order valence-electron chi connectivity index (χ4n) is 9.64. The molecule has 0 aliphatic carbocycles. The average molecular weight is 1150 g/mol. The number of aromatic nitrogens is 2. The largest absolute Gasteiger partial charge is 0.481 e. The Morgan fingerprint density at radius 1 is 0.512 bits per heavy atom. The summed E-state index contributed by atoms with van der Waals surface area (Å²) in [6.07, 6.45) is 5.93. The van der Waals surface area contributed by atoms with Crippen LogP contribution in [0.1, 0.15) is 65.2 Å². The molecule has 0 radical (unpaired) electrons. The molecule has 6 rings (SSSR count). The number of rotatable bonds is 24. The molecule has 0 saturated carbocycles. The Labute approximate surface area is 469 Å². The first-order valence-corrected chi connectivity index (χ1v) is 26.1. The molecule has 2 atom stereocenters. The first-order valence-electron chi connectivity index (χ1n) is 26.1. The zero-order valence-electron chi connectivity index (χ0n) is 44.8. The summed E-state index contributed by atoms with van der Waals surface area (Å²) in [5, 5.41) is 69.2. The van der Waals surface area contributed by atoms with Crippen molar-refractivity contribution in [3.05, 3.63) is 83.0 Å². The van der Waals surface area contributed by atoms with Crippen molar-refractivity contribution in [1.82, 2.24) is 54.5 Å². The summed E-state index contributed by atoms with van der Waals surface area (Å²) in [6, 6.07) is 6.46. The summed E-state index contributed by atoms with van der Waals surface area (Å²) in [4.78, 5) is 162. The quantitative estimate of drug-likeness (QED) is 0.0411. The van der Waals surface area contributed by atoms with Gasteiger partial charge in [-0.1, -0.05) is 12.5 Å². The van der Waals surface area contributed by atoms with Gasteiger partial charge in [0.1, 0.15) is 6.04 Å². The van der Waals surface area contributed by atoms with E-state index < -0.39 is 85.1 Å². The average Bonchev–Trinajstić information content (AvgIpc) is 4.06. The van der Waals surface area contributed by atoms with Gasteiger partial charge in [0.2, 0.25) is 0 Å². The van der Waals surface area contributed by atoms with Crippen LogP contribution in [0.2, 0.25) is 0 Å². The van der Waals surface area contributed by atoms with E-state index in [1.54, 1.807) is 32.9 Å². The maximum atomic E-state index is 13.1. The predicted octanol–water partition coefficient (Wildman–Crippen LogP) is -2.14. The molecule has 2 aromatic rings. The molecule has 4 aliphatic rings. The van der Waals surface area contributed by atoms with Crippen molar-refractivity contribution in [3.63, 3.8) is 0 Å². The van der Waals surface area contributed by atoms with Crippen LogP contribution in [0, 0.1) is 0 Å². The molecule has 4 bridgehead atoms. The van der Waals surface area contributed by atoms with Gasteiger partial charge in [-0.2, -0.15) is 0 Å².